The van der Waals surface area contributed by atoms with Crippen molar-refractivity contribution in [2.75, 3.05) is 13.2 Å². The van der Waals surface area contributed by atoms with Gasteiger partial charge in [-0.25, -0.2) is 4.79 Å². The standard InChI is InChI=1S/C22H24BrNO4/c1-13-19(22(26)28-12-16-7-4-10-27-16)20(14-5-2-6-15(23)11-14)21-17(24-13)8-3-9-18(21)25/h2,5-6,11,16,20-21H,3-4,7-10,12H2,1H3/t16-,20+,21+/m1/s1. The molecule has 3 aliphatic rings. The molecule has 148 valence electrons. The van der Waals surface area contributed by atoms with E-state index >= 15 is 0 Å². The molecule has 2 aliphatic heterocycles. The fourth-order valence-corrected chi connectivity index (χ4v) is 4.88. The molecule has 5 nitrogen and oxygen atoms in total. The third-order valence-electron chi connectivity index (χ3n) is 5.76. The second-order valence-corrected chi connectivity index (χ2v) is 8.58. The molecule has 28 heavy (non-hydrogen) atoms. The van der Waals surface area contributed by atoms with Gasteiger partial charge in [0.1, 0.15) is 12.4 Å². The van der Waals surface area contributed by atoms with Crippen molar-refractivity contribution in [1.29, 1.82) is 0 Å². The van der Waals surface area contributed by atoms with Gasteiger partial charge in [-0.3, -0.25) is 9.79 Å². The van der Waals surface area contributed by atoms with Crippen LogP contribution in [0.5, 0.6) is 0 Å². The summed E-state index contributed by atoms with van der Waals surface area (Å²) in [5.74, 6) is -0.960. The number of rotatable bonds is 4. The number of nitrogens with zero attached hydrogens (tertiary/aromatic N) is 1. The van der Waals surface area contributed by atoms with Crippen molar-refractivity contribution in [2.45, 2.75) is 51.0 Å². The Balaban J connectivity index is 1.70. The Morgan fingerprint density at radius 2 is 2.14 bits per heavy atom. The topological polar surface area (TPSA) is 65.0 Å². The minimum Gasteiger partial charge on any atom is -0.460 e. The average Bonchev–Trinajstić information content (AvgIpc) is 3.19. The zero-order valence-corrected chi connectivity index (χ0v) is 17.5. The monoisotopic (exact) mass is 445 g/mol. The van der Waals surface area contributed by atoms with Crippen LogP contribution in [0.4, 0.5) is 0 Å². The van der Waals surface area contributed by atoms with Crippen LogP contribution >= 0.6 is 15.9 Å². The van der Waals surface area contributed by atoms with E-state index in [-0.39, 0.29) is 36.3 Å². The van der Waals surface area contributed by atoms with Crippen molar-refractivity contribution in [3.05, 3.63) is 45.6 Å². The number of allylic oxidation sites excluding steroid dienone is 1. The summed E-state index contributed by atoms with van der Waals surface area (Å²) in [5, 5.41) is 0. The van der Waals surface area contributed by atoms with Crippen LogP contribution in [-0.4, -0.2) is 36.8 Å². The third kappa shape index (κ3) is 3.85. The van der Waals surface area contributed by atoms with Gasteiger partial charge in [-0.15, -0.1) is 0 Å². The molecular formula is C22H24BrNO4. The van der Waals surface area contributed by atoms with E-state index in [2.05, 4.69) is 20.9 Å². The molecule has 0 amide bonds. The van der Waals surface area contributed by atoms with Crippen LogP contribution in [0.25, 0.3) is 0 Å². The molecule has 1 aromatic rings. The first-order chi connectivity index (χ1) is 13.5. The SMILES string of the molecule is CC1=C(C(=O)OC[C@H]2CCCO2)[C@H](c2cccc(Br)c2)[C@@H]2C(=O)CCCC2=N1. The Bertz CT molecular complexity index is 854. The Kier molecular flexibility index (Phi) is 5.78. The minimum atomic E-state index is -0.390. The number of hydrogen-bond acceptors (Lipinski definition) is 5. The highest BCUT2D eigenvalue weighted by Gasteiger charge is 2.43. The summed E-state index contributed by atoms with van der Waals surface area (Å²) in [6, 6.07) is 7.83. The van der Waals surface area contributed by atoms with E-state index in [0.29, 0.717) is 17.7 Å². The normalized spacial score (nSPS) is 27.4. The smallest absolute Gasteiger partial charge is 0.336 e. The maximum atomic E-state index is 13.1. The second-order valence-electron chi connectivity index (χ2n) is 7.67. The number of fused-ring (bicyclic) bond motifs is 1. The van der Waals surface area contributed by atoms with Gasteiger partial charge >= 0.3 is 5.97 Å². The highest BCUT2D eigenvalue weighted by atomic mass is 79.9. The average molecular weight is 446 g/mol. The van der Waals surface area contributed by atoms with E-state index in [1.54, 1.807) is 0 Å². The Hall–Kier alpha value is -1.79. The first-order valence-corrected chi connectivity index (χ1v) is 10.7. The summed E-state index contributed by atoms with van der Waals surface area (Å²) in [6.45, 7) is 2.81. The van der Waals surface area contributed by atoms with Gasteiger partial charge in [-0.1, -0.05) is 28.1 Å². The van der Waals surface area contributed by atoms with Gasteiger partial charge < -0.3 is 9.47 Å². The van der Waals surface area contributed by atoms with Crippen molar-refractivity contribution in [2.24, 2.45) is 10.9 Å². The summed E-state index contributed by atoms with van der Waals surface area (Å²) in [4.78, 5) is 30.6. The molecule has 0 unspecified atom stereocenters. The van der Waals surface area contributed by atoms with Crippen LogP contribution in [0, 0.1) is 5.92 Å². The molecule has 4 rings (SSSR count). The number of carbonyl (C=O) groups excluding carboxylic acids is 2. The highest BCUT2D eigenvalue weighted by Crippen LogP contribution is 2.43. The number of ketones is 1. The van der Waals surface area contributed by atoms with E-state index in [9.17, 15) is 9.59 Å². The third-order valence-corrected chi connectivity index (χ3v) is 6.25. The molecule has 0 spiro atoms. The number of aliphatic imine (C=N–C) groups is 1. The fraction of sp³-hybridized carbons (Fsp3) is 0.500. The Morgan fingerprint density at radius 1 is 1.29 bits per heavy atom. The molecule has 6 heteroatoms. The van der Waals surface area contributed by atoms with Crippen LogP contribution in [0.1, 0.15) is 50.5 Å². The number of ether oxygens (including phenoxy) is 2. The van der Waals surface area contributed by atoms with Crippen molar-refractivity contribution in [1.82, 2.24) is 0 Å². The molecule has 0 aromatic heterocycles. The molecular weight excluding hydrogens is 422 g/mol. The minimum absolute atomic E-state index is 0.0341. The maximum absolute atomic E-state index is 13.1. The first-order valence-electron chi connectivity index (χ1n) is 9.89. The van der Waals surface area contributed by atoms with Gasteiger partial charge in [0.25, 0.3) is 0 Å². The van der Waals surface area contributed by atoms with Gasteiger partial charge in [0.2, 0.25) is 0 Å². The van der Waals surface area contributed by atoms with Crippen molar-refractivity contribution in [3.63, 3.8) is 0 Å². The number of Topliss-reactive ketones (excluding diaryl/α,β-unsaturated/α-hetero) is 1. The molecule has 3 atom stereocenters. The number of carbonyl (C=O) groups is 2. The molecule has 1 aromatic carbocycles. The van der Waals surface area contributed by atoms with Crippen LogP contribution < -0.4 is 0 Å². The summed E-state index contributed by atoms with van der Waals surface area (Å²) >= 11 is 3.52. The van der Waals surface area contributed by atoms with Crippen LogP contribution in [0.15, 0.2) is 45.0 Å². The lowest BCUT2D eigenvalue weighted by Gasteiger charge is -2.35. The summed E-state index contributed by atoms with van der Waals surface area (Å²) in [7, 11) is 0. The van der Waals surface area contributed by atoms with E-state index < -0.39 is 0 Å². The fourth-order valence-electron chi connectivity index (χ4n) is 4.47. The van der Waals surface area contributed by atoms with Crippen molar-refractivity contribution < 1.29 is 19.1 Å². The Morgan fingerprint density at radius 3 is 2.89 bits per heavy atom. The van der Waals surface area contributed by atoms with Crippen molar-refractivity contribution >= 4 is 33.4 Å². The number of hydrogen-bond donors (Lipinski definition) is 0. The van der Waals surface area contributed by atoms with Gasteiger partial charge in [-0.2, -0.15) is 0 Å². The predicted octanol–water partition coefficient (Wildman–Crippen LogP) is 4.35. The highest BCUT2D eigenvalue weighted by molar-refractivity contribution is 9.10. The quantitative estimate of drug-likeness (QED) is 0.645. The van der Waals surface area contributed by atoms with E-state index in [1.165, 1.54) is 0 Å². The molecule has 1 saturated carbocycles. The van der Waals surface area contributed by atoms with E-state index in [0.717, 1.165) is 48.0 Å². The predicted molar refractivity (Wildman–Crippen MR) is 109 cm³/mol. The molecule has 2 heterocycles. The van der Waals surface area contributed by atoms with Crippen LogP contribution in [-0.2, 0) is 19.1 Å². The van der Waals surface area contributed by atoms with Gasteiger partial charge in [0.05, 0.1) is 17.6 Å². The zero-order valence-electron chi connectivity index (χ0n) is 15.9. The molecule has 1 saturated heterocycles. The number of benzene rings is 1. The number of esters is 1. The number of halogens is 1. The zero-order chi connectivity index (χ0) is 19.7. The van der Waals surface area contributed by atoms with Gasteiger partial charge in [-0.05, 0) is 50.3 Å². The summed E-state index contributed by atoms with van der Waals surface area (Å²) in [6.07, 6.45) is 4.03. The first kappa shape index (κ1) is 19.5. The lowest BCUT2D eigenvalue weighted by atomic mass is 9.69. The van der Waals surface area contributed by atoms with Gasteiger partial charge in [0, 0.05) is 34.8 Å². The molecule has 1 aliphatic carbocycles. The summed E-state index contributed by atoms with van der Waals surface area (Å²) in [5.41, 5.74) is 2.99. The molecule has 0 bridgehead atoms. The summed E-state index contributed by atoms with van der Waals surface area (Å²) < 4.78 is 12.1. The van der Waals surface area contributed by atoms with E-state index in [1.807, 2.05) is 31.2 Å². The second kappa shape index (κ2) is 8.29. The lowest BCUT2D eigenvalue weighted by molar-refractivity contribution is -0.142. The van der Waals surface area contributed by atoms with Crippen LogP contribution in [0.3, 0.4) is 0 Å². The van der Waals surface area contributed by atoms with Crippen LogP contribution in [0.2, 0.25) is 0 Å². The van der Waals surface area contributed by atoms with E-state index in [4.69, 9.17) is 9.47 Å². The lowest BCUT2D eigenvalue weighted by Crippen LogP contribution is -2.39. The maximum Gasteiger partial charge on any atom is 0.336 e. The van der Waals surface area contributed by atoms with Crippen molar-refractivity contribution in [3.8, 4) is 0 Å². The molecule has 2 fully saturated rings. The largest absolute Gasteiger partial charge is 0.460 e. The Labute approximate surface area is 173 Å². The molecule has 0 radical (unpaired) electrons. The van der Waals surface area contributed by atoms with Gasteiger partial charge in [0.15, 0.2) is 0 Å². The molecule has 0 N–H and O–H groups in total.